The largest absolute Gasteiger partial charge is 0.396 e. The van der Waals surface area contributed by atoms with Gasteiger partial charge < -0.3 is 10.2 Å². The Morgan fingerprint density at radius 1 is 0.750 bits per heavy atom. The van der Waals surface area contributed by atoms with Crippen LogP contribution in [0.25, 0.3) is 29.4 Å². The highest BCUT2D eigenvalue weighted by molar-refractivity contribution is 7.31. The van der Waals surface area contributed by atoms with Crippen LogP contribution >= 0.6 is 45.3 Å². The van der Waals surface area contributed by atoms with Gasteiger partial charge in [0.25, 0.3) is 0 Å². The molecule has 4 rings (SSSR count). The number of rotatable bonds is 6. The van der Waals surface area contributed by atoms with Crippen LogP contribution in [0.2, 0.25) is 0 Å². The maximum absolute atomic E-state index is 9.18. The number of hydrogen-bond donors (Lipinski definition) is 2. The van der Waals surface area contributed by atoms with Crippen LogP contribution in [0.5, 0.6) is 0 Å². The van der Waals surface area contributed by atoms with Gasteiger partial charge in [0.05, 0.1) is 9.75 Å². The highest BCUT2D eigenvalue weighted by atomic mass is 32.1. The van der Waals surface area contributed by atoms with Gasteiger partial charge in [0, 0.05) is 13.2 Å². The van der Waals surface area contributed by atoms with E-state index in [1.54, 1.807) is 45.3 Å². The number of nitrogens with zero attached hydrogens (tertiary/aromatic N) is 2. The lowest BCUT2D eigenvalue weighted by molar-refractivity contribution is 0.299. The molecule has 0 spiro atoms. The van der Waals surface area contributed by atoms with E-state index in [0.717, 1.165) is 40.6 Å². The second-order valence-electron chi connectivity index (χ2n) is 5.15. The molecule has 4 nitrogen and oxygen atoms in total. The van der Waals surface area contributed by atoms with Crippen molar-refractivity contribution in [2.75, 3.05) is 13.2 Å². The molecular weight excluding hydrogens is 380 g/mol. The fourth-order valence-corrected chi connectivity index (χ4v) is 6.72. The van der Waals surface area contributed by atoms with Crippen molar-refractivity contribution in [3.63, 3.8) is 0 Å². The van der Waals surface area contributed by atoms with Crippen molar-refractivity contribution in [1.82, 2.24) is 9.97 Å². The molecule has 0 aliphatic carbocycles. The Kier molecular flexibility index (Phi) is 4.75. The molecule has 0 unspecified atom stereocenters. The van der Waals surface area contributed by atoms with E-state index >= 15 is 0 Å². The predicted octanol–water partition coefficient (Wildman–Crippen LogP) is 4.28. The number of fused-ring (bicyclic) bond motifs is 1. The van der Waals surface area contributed by atoms with Gasteiger partial charge in [-0.25, -0.2) is 9.97 Å². The smallest absolute Gasteiger partial charge is 0.155 e. The third-order valence-electron chi connectivity index (χ3n) is 3.62. The molecule has 4 aromatic rings. The first kappa shape index (κ1) is 16.3. The standard InChI is InChI=1S/C16H14N2O2S4/c19-5-1-9-3-7-21-11(9)13-17-15-16(23-13)18-14(24-15)12-10(2-6-20)4-8-22-12/h3-4,7-8,19-20H,1-2,5-6H2. The number of aromatic nitrogens is 2. The van der Waals surface area contributed by atoms with Gasteiger partial charge in [0.15, 0.2) is 9.66 Å². The average Bonchev–Trinajstić information content (AvgIpc) is 3.28. The molecule has 4 heterocycles. The van der Waals surface area contributed by atoms with Crippen LogP contribution in [0.4, 0.5) is 0 Å². The molecule has 0 amide bonds. The minimum atomic E-state index is 0.151. The topological polar surface area (TPSA) is 66.2 Å². The van der Waals surface area contributed by atoms with E-state index in [2.05, 4.69) is 12.1 Å². The summed E-state index contributed by atoms with van der Waals surface area (Å²) in [5.41, 5.74) is 2.29. The molecule has 0 aliphatic rings. The quantitative estimate of drug-likeness (QED) is 0.512. The summed E-state index contributed by atoms with van der Waals surface area (Å²) in [6.45, 7) is 0.301. The van der Waals surface area contributed by atoms with Gasteiger partial charge in [-0.05, 0) is 46.9 Å². The monoisotopic (exact) mass is 394 g/mol. The molecular formula is C16H14N2O2S4. The summed E-state index contributed by atoms with van der Waals surface area (Å²) in [6.07, 6.45) is 1.31. The van der Waals surface area contributed by atoms with Crippen molar-refractivity contribution >= 4 is 55.0 Å². The Labute approximate surface area is 154 Å². The highest BCUT2D eigenvalue weighted by Gasteiger charge is 2.17. The average molecular weight is 395 g/mol. The van der Waals surface area contributed by atoms with Gasteiger partial charge in [-0.1, -0.05) is 22.7 Å². The first-order chi connectivity index (χ1) is 11.8. The second-order valence-corrected chi connectivity index (χ2v) is 8.93. The molecule has 0 saturated heterocycles. The summed E-state index contributed by atoms with van der Waals surface area (Å²) >= 11 is 6.53. The van der Waals surface area contributed by atoms with E-state index in [4.69, 9.17) is 9.97 Å². The normalized spacial score (nSPS) is 11.6. The van der Waals surface area contributed by atoms with E-state index in [0.29, 0.717) is 12.8 Å². The Morgan fingerprint density at radius 3 is 1.62 bits per heavy atom. The van der Waals surface area contributed by atoms with Crippen molar-refractivity contribution < 1.29 is 10.2 Å². The summed E-state index contributed by atoms with van der Waals surface area (Å²) in [4.78, 5) is 13.7. The maximum Gasteiger partial charge on any atom is 0.155 e. The molecule has 2 N–H and O–H groups in total. The zero-order valence-corrected chi connectivity index (χ0v) is 15.8. The van der Waals surface area contributed by atoms with Gasteiger partial charge in [-0.3, -0.25) is 0 Å². The second kappa shape index (κ2) is 6.99. The van der Waals surface area contributed by atoms with Crippen molar-refractivity contribution in [3.8, 4) is 19.8 Å². The van der Waals surface area contributed by atoms with Gasteiger partial charge in [0.2, 0.25) is 0 Å². The van der Waals surface area contributed by atoms with Crippen molar-refractivity contribution in [2.24, 2.45) is 0 Å². The van der Waals surface area contributed by atoms with E-state index in [1.165, 1.54) is 0 Å². The lowest BCUT2D eigenvalue weighted by Crippen LogP contribution is -1.89. The molecule has 0 radical (unpaired) electrons. The number of thiazole rings is 2. The maximum atomic E-state index is 9.18. The lowest BCUT2D eigenvalue weighted by Gasteiger charge is -1.98. The zero-order valence-electron chi connectivity index (χ0n) is 12.6. The molecule has 0 aromatic carbocycles. The first-order valence-corrected chi connectivity index (χ1v) is 10.8. The van der Waals surface area contributed by atoms with Crippen LogP contribution < -0.4 is 0 Å². The Morgan fingerprint density at radius 2 is 1.21 bits per heavy atom. The molecule has 4 aromatic heterocycles. The molecule has 24 heavy (non-hydrogen) atoms. The minimum absolute atomic E-state index is 0.151. The number of aliphatic hydroxyl groups is 2. The van der Waals surface area contributed by atoms with Crippen molar-refractivity contribution in [2.45, 2.75) is 12.8 Å². The summed E-state index contributed by atoms with van der Waals surface area (Å²) in [7, 11) is 0. The summed E-state index contributed by atoms with van der Waals surface area (Å²) < 4.78 is 0. The molecule has 8 heteroatoms. The van der Waals surface area contributed by atoms with Crippen LogP contribution in [-0.2, 0) is 12.8 Å². The molecule has 0 bridgehead atoms. The number of aliphatic hydroxyl groups excluding tert-OH is 2. The van der Waals surface area contributed by atoms with Crippen molar-refractivity contribution in [3.05, 3.63) is 34.0 Å². The summed E-state index contributed by atoms with van der Waals surface area (Å²) in [5, 5.41) is 24.4. The summed E-state index contributed by atoms with van der Waals surface area (Å²) in [6, 6.07) is 4.11. The van der Waals surface area contributed by atoms with Crippen LogP contribution in [0.1, 0.15) is 11.1 Å². The fraction of sp³-hybridized carbons (Fsp3) is 0.250. The van der Waals surface area contributed by atoms with Gasteiger partial charge in [-0.15, -0.1) is 22.7 Å². The first-order valence-electron chi connectivity index (χ1n) is 7.42. The van der Waals surface area contributed by atoms with Gasteiger partial charge in [0.1, 0.15) is 10.0 Å². The third kappa shape index (κ3) is 2.94. The van der Waals surface area contributed by atoms with Crippen LogP contribution in [0.3, 0.4) is 0 Å². The van der Waals surface area contributed by atoms with E-state index < -0.39 is 0 Å². The van der Waals surface area contributed by atoms with E-state index in [1.807, 2.05) is 10.8 Å². The van der Waals surface area contributed by atoms with Gasteiger partial charge >= 0.3 is 0 Å². The zero-order chi connectivity index (χ0) is 16.5. The van der Waals surface area contributed by atoms with Crippen LogP contribution in [0, 0.1) is 0 Å². The highest BCUT2D eigenvalue weighted by Crippen LogP contribution is 2.41. The van der Waals surface area contributed by atoms with E-state index in [-0.39, 0.29) is 13.2 Å². The van der Waals surface area contributed by atoms with Crippen LogP contribution in [-0.4, -0.2) is 33.4 Å². The summed E-state index contributed by atoms with van der Waals surface area (Å²) in [5.74, 6) is 0. The van der Waals surface area contributed by atoms with E-state index in [9.17, 15) is 10.2 Å². The number of hydrogen-bond acceptors (Lipinski definition) is 8. The Bertz CT molecular complexity index is 861. The van der Waals surface area contributed by atoms with Gasteiger partial charge in [-0.2, -0.15) is 0 Å². The lowest BCUT2D eigenvalue weighted by atomic mass is 10.2. The third-order valence-corrected chi connectivity index (χ3v) is 7.87. The molecule has 124 valence electrons. The minimum Gasteiger partial charge on any atom is -0.396 e. The molecule has 0 fully saturated rings. The molecule has 0 aliphatic heterocycles. The molecule has 0 saturated carbocycles. The Hall–Kier alpha value is -1.16. The predicted molar refractivity (Wildman–Crippen MR) is 103 cm³/mol. The number of thiophene rings is 2. The molecule has 0 atom stereocenters. The Balaban J connectivity index is 1.70. The van der Waals surface area contributed by atoms with Crippen molar-refractivity contribution in [1.29, 1.82) is 0 Å². The SMILES string of the molecule is OCCc1ccsc1-c1nc2sc(-c3sccc3CCO)nc2s1. The van der Waals surface area contributed by atoms with Crippen LogP contribution in [0.15, 0.2) is 22.9 Å². The fourth-order valence-electron chi connectivity index (χ4n) is 2.52.